The molecule has 0 unspecified atom stereocenters. The molecule has 2 aromatic rings. The highest BCUT2D eigenvalue weighted by molar-refractivity contribution is 9.10. The number of fused-ring (bicyclic) bond motifs is 1. The first-order valence-electron chi connectivity index (χ1n) is 6.47. The smallest absolute Gasteiger partial charge is 0.215 e. The molecule has 0 radical (unpaired) electrons. The number of halogens is 2. The SMILES string of the molecule is O=C1C(Cl)=C(Nc2cccc(Br)c2)C(=O)c2c(O)ccc(O)c21. The zero-order valence-corrected chi connectivity index (χ0v) is 13.8. The van der Waals surface area contributed by atoms with Gasteiger partial charge in [0.25, 0.3) is 0 Å². The van der Waals surface area contributed by atoms with Gasteiger partial charge in [-0.05, 0) is 30.3 Å². The Kier molecular flexibility index (Phi) is 3.87. The average Bonchev–Trinajstić information content (AvgIpc) is 2.51. The van der Waals surface area contributed by atoms with Crippen LogP contribution in [0.1, 0.15) is 20.7 Å². The highest BCUT2D eigenvalue weighted by Crippen LogP contribution is 2.38. The van der Waals surface area contributed by atoms with Crippen molar-refractivity contribution < 1.29 is 19.8 Å². The molecule has 0 aromatic heterocycles. The number of allylic oxidation sites excluding steroid dienone is 2. The van der Waals surface area contributed by atoms with E-state index in [0.29, 0.717) is 5.69 Å². The van der Waals surface area contributed by atoms with Crippen LogP contribution in [0, 0.1) is 0 Å². The zero-order chi connectivity index (χ0) is 16.7. The molecule has 0 heterocycles. The van der Waals surface area contributed by atoms with Crippen molar-refractivity contribution in [1.82, 2.24) is 0 Å². The number of hydrogen-bond acceptors (Lipinski definition) is 5. The summed E-state index contributed by atoms with van der Waals surface area (Å²) < 4.78 is 0.773. The lowest BCUT2D eigenvalue weighted by Crippen LogP contribution is -2.24. The monoisotopic (exact) mass is 393 g/mol. The molecule has 0 atom stereocenters. The van der Waals surface area contributed by atoms with E-state index in [1.165, 1.54) is 0 Å². The number of nitrogens with one attached hydrogen (secondary N) is 1. The summed E-state index contributed by atoms with van der Waals surface area (Å²) in [5.41, 5.74) is -0.170. The number of phenols is 2. The van der Waals surface area contributed by atoms with Crippen LogP contribution in [0.15, 0.2) is 51.6 Å². The lowest BCUT2D eigenvalue weighted by molar-refractivity contribution is 0.0977. The standard InChI is InChI=1S/C16H9BrClNO4/c17-7-2-1-3-8(6-7)19-14-13(18)15(22)11-9(20)4-5-10(21)12(11)16(14)23/h1-6,19-21H. The van der Waals surface area contributed by atoms with E-state index in [2.05, 4.69) is 21.2 Å². The molecule has 0 amide bonds. The molecule has 2 aromatic carbocycles. The summed E-state index contributed by atoms with van der Waals surface area (Å²) in [6, 6.07) is 9.22. The maximum Gasteiger partial charge on any atom is 0.215 e. The van der Waals surface area contributed by atoms with Crippen LogP contribution in [-0.4, -0.2) is 21.8 Å². The van der Waals surface area contributed by atoms with Crippen molar-refractivity contribution in [2.45, 2.75) is 0 Å². The van der Waals surface area contributed by atoms with Crippen LogP contribution in [0.2, 0.25) is 0 Å². The first kappa shape index (κ1) is 15.6. The van der Waals surface area contributed by atoms with Crippen molar-refractivity contribution in [3.05, 3.63) is 62.7 Å². The van der Waals surface area contributed by atoms with Crippen molar-refractivity contribution in [3.8, 4) is 11.5 Å². The fraction of sp³-hybridized carbons (Fsp3) is 0. The molecular formula is C16H9BrClNO4. The maximum absolute atomic E-state index is 12.6. The number of aromatic hydroxyl groups is 2. The number of phenolic OH excluding ortho intramolecular Hbond substituents is 2. The Balaban J connectivity index is 2.12. The molecule has 0 saturated carbocycles. The number of rotatable bonds is 2. The first-order valence-corrected chi connectivity index (χ1v) is 7.64. The highest BCUT2D eigenvalue weighted by Gasteiger charge is 2.36. The van der Waals surface area contributed by atoms with E-state index in [0.717, 1.165) is 16.6 Å². The van der Waals surface area contributed by atoms with Gasteiger partial charge in [-0.25, -0.2) is 0 Å². The summed E-state index contributed by atoms with van der Waals surface area (Å²) in [6.45, 7) is 0. The maximum atomic E-state index is 12.6. The predicted octanol–water partition coefficient (Wildman–Crippen LogP) is 3.80. The lowest BCUT2D eigenvalue weighted by atomic mass is 9.90. The fourth-order valence-electron chi connectivity index (χ4n) is 2.31. The van der Waals surface area contributed by atoms with Gasteiger partial charge in [-0.1, -0.05) is 33.6 Å². The summed E-state index contributed by atoms with van der Waals surface area (Å²) in [4.78, 5) is 24.9. The highest BCUT2D eigenvalue weighted by atomic mass is 79.9. The van der Waals surface area contributed by atoms with E-state index in [4.69, 9.17) is 11.6 Å². The summed E-state index contributed by atoms with van der Waals surface area (Å²) in [6.07, 6.45) is 0. The summed E-state index contributed by atoms with van der Waals surface area (Å²) in [5, 5.41) is 22.2. The van der Waals surface area contributed by atoms with Gasteiger partial charge in [-0.2, -0.15) is 0 Å². The molecule has 0 spiro atoms. The molecule has 0 aliphatic heterocycles. The normalized spacial score (nSPS) is 14.0. The summed E-state index contributed by atoms with van der Waals surface area (Å²) >= 11 is 9.31. The summed E-state index contributed by atoms with van der Waals surface area (Å²) in [7, 11) is 0. The molecule has 0 bridgehead atoms. The molecule has 1 aliphatic carbocycles. The van der Waals surface area contributed by atoms with E-state index in [1.54, 1.807) is 24.3 Å². The largest absolute Gasteiger partial charge is 0.507 e. The Morgan fingerprint density at radius 2 is 1.57 bits per heavy atom. The molecule has 116 valence electrons. The number of hydrogen-bond donors (Lipinski definition) is 3. The first-order chi connectivity index (χ1) is 10.9. The third kappa shape index (κ3) is 2.60. The second-order valence-corrected chi connectivity index (χ2v) is 6.13. The van der Waals surface area contributed by atoms with E-state index >= 15 is 0 Å². The third-order valence-corrected chi connectivity index (χ3v) is 4.21. The van der Waals surface area contributed by atoms with Gasteiger partial charge in [-0.15, -0.1) is 0 Å². The Labute approximate surface area is 144 Å². The summed E-state index contributed by atoms with van der Waals surface area (Å²) in [5.74, 6) is -2.20. The van der Waals surface area contributed by atoms with Crippen LogP contribution < -0.4 is 5.32 Å². The van der Waals surface area contributed by atoms with Gasteiger partial charge >= 0.3 is 0 Å². The molecule has 0 saturated heterocycles. The molecular weight excluding hydrogens is 386 g/mol. The topological polar surface area (TPSA) is 86.6 Å². The van der Waals surface area contributed by atoms with E-state index in [1.807, 2.05) is 0 Å². The number of Topliss-reactive ketones (excluding diaryl/α,β-unsaturated/α-hetero) is 2. The minimum Gasteiger partial charge on any atom is -0.507 e. The predicted molar refractivity (Wildman–Crippen MR) is 89.1 cm³/mol. The Bertz CT molecular complexity index is 892. The molecule has 23 heavy (non-hydrogen) atoms. The number of ketones is 2. The number of carbonyl (C=O) groups excluding carboxylic acids is 2. The van der Waals surface area contributed by atoms with Crippen molar-refractivity contribution in [1.29, 1.82) is 0 Å². The van der Waals surface area contributed by atoms with Gasteiger partial charge in [0.1, 0.15) is 22.2 Å². The Morgan fingerprint density at radius 1 is 0.957 bits per heavy atom. The van der Waals surface area contributed by atoms with Gasteiger partial charge in [0, 0.05) is 10.2 Å². The molecule has 5 nitrogen and oxygen atoms in total. The van der Waals surface area contributed by atoms with Crippen LogP contribution in [0.4, 0.5) is 5.69 Å². The quantitative estimate of drug-likeness (QED) is 0.675. The van der Waals surface area contributed by atoms with Crippen molar-refractivity contribution >= 4 is 44.8 Å². The molecule has 1 aliphatic rings. The van der Waals surface area contributed by atoms with Crippen LogP contribution >= 0.6 is 27.5 Å². The van der Waals surface area contributed by atoms with Gasteiger partial charge in [-0.3, -0.25) is 9.59 Å². The van der Waals surface area contributed by atoms with E-state index in [9.17, 15) is 19.8 Å². The third-order valence-electron chi connectivity index (χ3n) is 3.36. The van der Waals surface area contributed by atoms with Crippen molar-refractivity contribution in [2.24, 2.45) is 0 Å². The van der Waals surface area contributed by atoms with Gasteiger partial charge < -0.3 is 15.5 Å². The van der Waals surface area contributed by atoms with Crippen LogP contribution in [0.5, 0.6) is 11.5 Å². The second kappa shape index (κ2) is 5.72. The van der Waals surface area contributed by atoms with Crippen molar-refractivity contribution in [3.63, 3.8) is 0 Å². The second-order valence-electron chi connectivity index (χ2n) is 4.84. The molecule has 3 rings (SSSR count). The van der Waals surface area contributed by atoms with Crippen molar-refractivity contribution in [2.75, 3.05) is 5.32 Å². The number of anilines is 1. The van der Waals surface area contributed by atoms with Crippen LogP contribution in [0.3, 0.4) is 0 Å². The number of benzene rings is 2. The van der Waals surface area contributed by atoms with Gasteiger partial charge in [0.05, 0.1) is 11.1 Å². The number of carbonyl (C=O) groups is 2. The fourth-order valence-corrected chi connectivity index (χ4v) is 2.94. The molecule has 7 heteroatoms. The minimum atomic E-state index is -0.729. The van der Waals surface area contributed by atoms with E-state index in [-0.39, 0.29) is 21.9 Å². The van der Waals surface area contributed by atoms with Crippen LogP contribution in [0.25, 0.3) is 0 Å². The van der Waals surface area contributed by atoms with Gasteiger partial charge in [0.2, 0.25) is 11.6 Å². The van der Waals surface area contributed by atoms with Gasteiger partial charge in [0.15, 0.2) is 0 Å². The Hall–Kier alpha value is -2.31. The molecule has 3 N–H and O–H groups in total. The average molecular weight is 395 g/mol. The van der Waals surface area contributed by atoms with E-state index < -0.39 is 23.1 Å². The minimum absolute atomic E-state index is 0.150. The zero-order valence-electron chi connectivity index (χ0n) is 11.4. The molecule has 0 fully saturated rings. The lowest BCUT2D eigenvalue weighted by Gasteiger charge is -2.20. The Morgan fingerprint density at radius 3 is 2.17 bits per heavy atom. The van der Waals surface area contributed by atoms with Crippen LogP contribution in [-0.2, 0) is 0 Å².